The summed E-state index contributed by atoms with van der Waals surface area (Å²) in [6.07, 6.45) is 0. The Morgan fingerprint density at radius 2 is 2.00 bits per heavy atom. The van der Waals surface area contributed by atoms with Crippen LogP contribution >= 0.6 is 22.6 Å². The first-order valence-electron chi connectivity index (χ1n) is 6.41. The predicted octanol–water partition coefficient (Wildman–Crippen LogP) is 4.25. The SMILES string of the molecule is CCOc1ccccc1C(=O)Nc1ccc(C)c(I)c1. The van der Waals surface area contributed by atoms with Crippen molar-refractivity contribution in [1.82, 2.24) is 0 Å². The van der Waals surface area contributed by atoms with Gasteiger partial charge < -0.3 is 10.1 Å². The highest BCUT2D eigenvalue weighted by molar-refractivity contribution is 14.1. The standard InChI is InChI=1S/C16H16INO2/c1-3-20-15-7-5-4-6-13(15)16(19)18-12-9-8-11(2)14(17)10-12/h4-10H,3H2,1-2H3,(H,18,19). The Bertz CT molecular complexity index is 626. The van der Waals surface area contributed by atoms with Crippen LogP contribution in [0.4, 0.5) is 5.69 Å². The van der Waals surface area contributed by atoms with Crippen molar-refractivity contribution in [1.29, 1.82) is 0 Å². The van der Waals surface area contributed by atoms with Crippen LogP contribution in [0.5, 0.6) is 5.75 Å². The van der Waals surface area contributed by atoms with Crippen LogP contribution in [-0.2, 0) is 0 Å². The molecule has 0 heterocycles. The molecule has 3 nitrogen and oxygen atoms in total. The fourth-order valence-electron chi connectivity index (χ4n) is 1.80. The Balaban J connectivity index is 2.21. The molecule has 1 N–H and O–H groups in total. The average molecular weight is 381 g/mol. The molecule has 0 radical (unpaired) electrons. The van der Waals surface area contributed by atoms with Crippen LogP contribution in [0.3, 0.4) is 0 Å². The second kappa shape index (κ2) is 6.74. The lowest BCUT2D eigenvalue weighted by atomic mass is 10.1. The normalized spacial score (nSPS) is 10.2. The summed E-state index contributed by atoms with van der Waals surface area (Å²) in [4.78, 5) is 12.3. The van der Waals surface area contributed by atoms with Crippen molar-refractivity contribution in [2.75, 3.05) is 11.9 Å². The number of benzene rings is 2. The van der Waals surface area contributed by atoms with Gasteiger partial charge in [-0.15, -0.1) is 0 Å². The van der Waals surface area contributed by atoms with E-state index in [9.17, 15) is 4.79 Å². The zero-order valence-corrected chi connectivity index (χ0v) is 13.6. The van der Waals surface area contributed by atoms with Gasteiger partial charge in [-0.1, -0.05) is 18.2 Å². The van der Waals surface area contributed by atoms with Crippen molar-refractivity contribution in [3.8, 4) is 5.75 Å². The minimum atomic E-state index is -0.159. The summed E-state index contributed by atoms with van der Waals surface area (Å²) in [7, 11) is 0. The summed E-state index contributed by atoms with van der Waals surface area (Å²) < 4.78 is 6.60. The van der Waals surface area contributed by atoms with Gasteiger partial charge >= 0.3 is 0 Å². The maximum atomic E-state index is 12.3. The Morgan fingerprint density at radius 3 is 2.70 bits per heavy atom. The number of nitrogens with one attached hydrogen (secondary N) is 1. The quantitative estimate of drug-likeness (QED) is 0.805. The Labute approximate surface area is 132 Å². The van der Waals surface area contributed by atoms with Gasteiger partial charge in [0.2, 0.25) is 0 Å². The molecular weight excluding hydrogens is 365 g/mol. The van der Waals surface area contributed by atoms with Gasteiger partial charge in [-0.05, 0) is 66.3 Å². The van der Waals surface area contributed by atoms with Crippen LogP contribution in [0.25, 0.3) is 0 Å². The molecule has 0 saturated carbocycles. The molecule has 0 bridgehead atoms. The first-order chi connectivity index (χ1) is 9.61. The molecule has 1 amide bonds. The van der Waals surface area contributed by atoms with E-state index in [1.165, 1.54) is 5.56 Å². The monoisotopic (exact) mass is 381 g/mol. The Morgan fingerprint density at radius 1 is 1.25 bits per heavy atom. The lowest BCUT2D eigenvalue weighted by Gasteiger charge is -2.11. The molecule has 2 rings (SSSR count). The molecule has 0 saturated heterocycles. The second-order valence-corrected chi connectivity index (χ2v) is 5.51. The van der Waals surface area contributed by atoms with Crippen molar-refractivity contribution < 1.29 is 9.53 Å². The molecule has 0 aliphatic carbocycles. The highest BCUT2D eigenvalue weighted by atomic mass is 127. The highest BCUT2D eigenvalue weighted by Crippen LogP contribution is 2.21. The van der Waals surface area contributed by atoms with Gasteiger partial charge in [-0.2, -0.15) is 0 Å². The summed E-state index contributed by atoms with van der Waals surface area (Å²) in [5.41, 5.74) is 2.53. The van der Waals surface area contributed by atoms with Gasteiger partial charge in [-0.25, -0.2) is 0 Å². The van der Waals surface area contributed by atoms with Gasteiger partial charge in [0, 0.05) is 9.26 Å². The molecular formula is C16H16INO2. The van der Waals surface area contributed by atoms with Crippen LogP contribution < -0.4 is 10.1 Å². The van der Waals surface area contributed by atoms with Crippen molar-refractivity contribution in [3.63, 3.8) is 0 Å². The number of anilines is 1. The maximum absolute atomic E-state index is 12.3. The van der Waals surface area contributed by atoms with Crippen LogP contribution in [-0.4, -0.2) is 12.5 Å². The van der Waals surface area contributed by atoms with E-state index in [1.807, 2.05) is 44.2 Å². The number of hydrogen-bond acceptors (Lipinski definition) is 2. The van der Waals surface area contributed by atoms with Gasteiger partial charge in [0.25, 0.3) is 5.91 Å². The third-order valence-electron chi connectivity index (χ3n) is 2.86. The fourth-order valence-corrected chi connectivity index (χ4v) is 2.32. The summed E-state index contributed by atoms with van der Waals surface area (Å²) in [6, 6.07) is 13.1. The van der Waals surface area contributed by atoms with E-state index >= 15 is 0 Å². The van der Waals surface area contributed by atoms with E-state index < -0.39 is 0 Å². The molecule has 4 heteroatoms. The fraction of sp³-hybridized carbons (Fsp3) is 0.188. The number of rotatable bonds is 4. The number of amides is 1. The van der Waals surface area contributed by atoms with Crippen LogP contribution in [0.15, 0.2) is 42.5 Å². The van der Waals surface area contributed by atoms with E-state index in [2.05, 4.69) is 27.9 Å². The highest BCUT2D eigenvalue weighted by Gasteiger charge is 2.12. The number of ether oxygens (including phenoxy) is 1. The molecule has 0 atom stereocenters. The van der Waals surface area contributed by atoms with Crippen LogP contribution in [0.1, 0.15) is 22.8 Å². The molecule has 0 unspecified atom stereocenters. The van der Waals surface area contributed by atoms with E-state index in [0.717, 1.165) is 9.26 Å². The number of para-hydroxylation sites is 1. The Hall–Kier alpha value is -1.56. The molecule has 104 valence electrons. The first kappa shape index (κ1) is 14.8. The van der Waals surface area contributed by atoms with E-state index in [-0.39, 0.29) is 5.91 Å². The summed E-state index contributed by atoms with van der Waals surface area (Å²) >= 11 is 2.26. The summed E-state index contributed by atoms with van der Waals surface area (Å²) in [5, 5.41) is 2.90. The number of carbonyl (C=O) groups excluding carboxylic acids is 1. The Kier molecular flexibility index (Phi) is 5.00. The van der Waals surface area contributed by atoms with Gasteiger partial charge in [0.05, 0.1) is 12.2 Å². The number of hydrogen-bond donors (Lipinski definition) is 1. The van der Waals surface area contributed by atoms with E-state index in [4.69, 9.17) is 4.74 Å². The van der Waals surface area contributed by atoms with Crippen molar-refractivity contribution in [3.05, 3.63) is 57.2 Å². The lowest BCUT2D eigenvalue weighted by Crippen LogP contribution is -2.13. The van der Waals surface area contributed by atoms with Gasteiger partial charge in [-0.3, -0.25) is 4.79 Å². The van der Waals surface area contributed by atoms with Crippen molar-refractivity contribution >= 4 is 34.2 Å². The summed E-state index contributed by atoms with van der Waals surface area (Å²) in [6.45, 7) is 4.47. The first-order valence-corrected chi connectivity index (χ1v) is 7.49. The smallest absolute Gasteiger partial charge is 0.259 e. The van der Waals surface area contributed by atoms with Crippen LogP contribution in [0, 0.1) is 10.5 Å². The molecule has 0 aromatic heterocycles. The minimum absolute atomic E-state index is 0.159. The third-order valence-corrected chi connectivity index (χ3v) is 4.02. The zero-order valence-electron chi connectivity index (χ0n) is 11.4. The summed E-state index contributed by atoms with van der Waals surface area (Å²) in [5.74, 6) is 0.447. The maximum Gasteiger partial charge on any atom is 0.259 e. The molecule has 20 heavy (non-hydrogen) atoms. The topological polar surface area (TPSA) is 38.3 Å². The van der Waals surface area contributed by atoms with E-state index in [0.29, 0.717) is 17.9 Å². The molecule has 2 aromatic carbocycles. The zero-order chi connectivity index (χ0) is 14.5. The molecule has 0 aliphatic rings. The molecule has 0 aliphatic heterocycles. The van der Waals surface area contributed by atoms with Crippen LogP contribution in [0.2, 0.25) is 0 Å². The average Bonchev–Trinajstić information content (AvgIpc) is 2.44. The van der Waals surface area contributed by atoms with Gasteiger partial charge in [0.15, 0.2) is 0 Å². The lowest BCUT2D eigenvalue weighted by molar-refractivity contribution is 0.102. The minimum Gasteiger partial charge on any atom is -0.493 e. The van der Waals surface area contributed by atoms with Gasteiger partial charge in [0.1, 0.15) is 5.75 Å². The second-order valence-electron chi connectivity index (χ2n) is 4.35. The number of halogens is 1. The number of carbonyl (C=O) groups is 1. The predicted molar refractivity (Wildman–Crippen MR) is 89.5 cm³/mol. The van der Waals surface area contributed by atoms with E-state index in [1.54, 1.807) is 12.1 Å². The molecule has 2 aromatic rings. The van der Waals surface area contributed by atoms with Crippen molar-refractivity contribution in [2.45, 2.75) is 13.8 Å². The molecule has 0 spiro atoms. The van der Waals surface area contributed by atoms with Crippen molar-refractivity contribution in [2.24, 2.45) is 0 Å². The molecule has 0 fully saturated rings. The third kappa shape index (κ3) is 3.50. The largest absolute Gasteiger partial charge is 0.493 e. The number of aryl methyl sites for hydroxylation is 1.